The molecule has 0 bridgehead atoms. The number of halogens is 3. The number of aromatic nitrogens is 2. The minimum atomic E-state index is -4.62. The van der Waals surface area contributed by atoms with E-state index in [0.717, 1.165) is 102 Å². The van der Waals surface area contributed by atoms with Crippen molar-refractivity contribution in [3.63, 3.8) is 0 Å². The zero-order valence-electron chi connectivity index (χ0n) is 37.4. The third-order valence-electron chi connectivity index (χ3n) is 14.8. The van der Waals surface area contributed by atoms with Crippen molar-refractivity contribution in [2.24, 2.45) is 17.8 Å². The zero-order chi connectivity index (χ0) is 46.1. The zero-order valence-corrected chi connectivity index (χ0v) is 37.4. The van der Waals surface area contributed by atoms with E-state index in [4.69, 9.17) is 10.2 Å². The summed E-state index contributed by atoms with van der Waals surface area (Å²) < 4.78 is 40.5. The van der Waals surface area contributed by atoms with Gasteiger partial charge in [-0.2, -0.15) is 18.4 Å². The lowest BCUT2D eigenvalue weighted by Gasteiger charge is -2.44. The summed E-state index contributed by atoms with van der Waals surface area (Å²) >= 11 is 0. The fourth-order valence-corrected chi connectivity index (χ4v) is 10.9. The van der Waals surface area contributed by atoms with Crippen molar-refractivity contribution >= 4 is 46.6 Å². The van der Waals surface area contributed by atoms with Crippen molar-refractivity contribution in [3.05, 3.63) is 71.0 Å². The van der Waals surface area contributed by atoms with Crippen molar-refractivity contribution in [1.29, 1.82) is 5.26 Å². The first-order valence-corrected chi connectivity index (χ1v) is 23.5. The van der Waals surface area contributed by atoms with Crippen LogP contribution < -0.4 is 25.3 Å². The molecule has 18 heteroatoms. The third kappa shape index (κ3) is 9.97. The highest BCUT2D eigenvalue weighted by Crippen LogP contribution is 2.36. The van der Waals surface area contributed by atoms with Gasteiger partial charge in [0.15, 0.2) is 0 Å². The Balaban J connectivity index is 0.666. The number of hydrogen-bond acceptors (Lipinski definition) is 12. The van der Waals surface area contributed by atoms with Gasteiger partial charge in [-0.05, 0) is 106 Å². The van der Waals surface area contributed by atoms with Crippen LogP contribution in [0, 0.1) is 29.1 Å². The van der Waals surface area contributed by atoms with Gasteiger partial charge in [0.25, 0.3) is 5.91 Å². The van der Waals surface area contributed by atoms with E-state index in [2.05, 4.69) is 42.1 Å². The molecule has 6 aliphatic heterocycles. The second-order valence-electron chi connectivity index (χ2n) is 19.0. The van der Waals surface area contributed by atoms with Crippen LogP contribution in [0.25, 0.3) is 0 Å². The van der Waals surface area contributed by atoms with E-state index < -0.39 is 29.3 Å². The number of benzene rings is 1. The molecule has 1 aromatic carbocycles. The Bertz CT molecular complexity index is 2330. The average molecular weight is 910 g/mol. The predicted molar refractivity (Wildman–Crippen MR) is 242 cm³/mol. The summed E-state index contributed by atoms with van der Waals surface area (Å²) in [4.78, 5) is 73.2. The first kappa shape index (κ1) is 45.4. The molecule has 9 rings (SSSR count). The molecule has 66 heavy (non-hydrogen) atoms. The van der Waals surface area contributed by atoms with E-state index in [0.29, 0.717) is 73.0 Å². The molecule has 350 valence electrons. The second kappa shape index (κ2) is 19.2. The quantitative estimate of drug-likeness (QED) is 0.259. The average Bonchev–Trinajstić information content (AvgIpc) is 3.64. The number of pyridine rings is 2. The number of piperazine rings is 1. The lowest BCUT2D eigenvalue weighted by Crippen LogP contribution is -2.54. The van der Waals surface area contributed by atoms with E-state index in [1.807, 2.05) is 35.4 Å². The van der Waals surface area contributed by atoms with Crippen LogP contribution >= 0.6 is 0 Å². The fraction of sp³-hybridized carbons (Fsp3) is 0.562. The summed E-state index contributed by atoms with van der Waals surface area (Å²) in [5.41, 5.74) is 1.32. The summed E-state index contributed by atoms with van der Waals surface area (Å²) in [7, 11) is 0. The molecule has 0 saturated carbocycles. The lowest BCUT2D eigenvalue weighted by molar-refractivity contribution is -0.138. The molecule has 4 amide bonds. The van der Waals surface area contributed by atoms with E-state index in [1.165, 1.54) is 12.1 Å². The van der Waals surface area contributed by atoms with Gasteiger partial charge in [-0.15, -0.1) is 0 Å². The van der Waals surface area contributed by atoms with Gasteiger partial charge in [0.1, 0.15) is 17.7 Å². The topological polar surface area (TPSA) is 161 Å². The third-order valence-corrected chi connectivity index (χ3v) is 14.8. The monoisotopic (exact) mass is 909 g/mol. The maximum Gasteiger partial charge on any atom is 0.417 e. The number of nitrogens with one attached hydrogen (secondary N) is 2. The summed E-state index contributed by atoms with van der Waals surface area (Å²) in [6.07, 6.45) is 3.15. The van der Waals surface area contributed by atoms with Crippen molar-refractivity contribution < 1.29 is 32.3 Å². The molecule has 5 saturated heterocycles. The number of hydrogen-bond donors (Lipinski definition) is 2. The molecule has 8 heterocycles. The van der Waals surface area contributed by atoms with Gasteiger partial charge in [0.05, 0.1) is 46.9 Å². The number of imide groups is 1. The number of nitrogens with zero attached hydrogens (tertiary/aromatic N) is 9. The van der Waals surface area contributed by atoms with Gasteiger partial charge in [0.2, 0.25) is 17.7 Å². The molecule has 0 aliphatic carbocycles. The molecule has 0 spiro atoms. The maximum absolute atomic E-state index is 13.5. The summed E-state index contributed by atoms with van der Waals surface area (Å²) in [5.74, 6) is 1.29. The van der Waals surface area contributed by atoms with Crippen LogP contribution in [0.2, 0.25) is 0 Å². The van der Waals surface area contributed by atoms with Crippen molar-refractivity contribution in [1.82, 2.24) is 30.0 Å². The summed E-state index contributed by atoms with van der Waals surface area (Å²) in [6.45, 7) is 12.7. The summed E-state index contributed by atoms with van der Waals surface area (Å²) in [6, 6.07) is 12.8. The number of rotatable bonds is 10. The van der Waals surface area contributed by atoms with Gasteiger partial charge in [-0.25, -0.2) is 9.97 Å². The minimum Gasteiger partial charge on any atom is -0.371 e. The standard InChI is InChI=1S/C48H58F3N11O4/c1-31-27-57(22-23-61(31)29-33-12-18-60(19-13-33)43-8-5-38-40(54-43)30-62(47(38)66)41-6-9-44(63)56-46(41)65)28-32-10-16-59(17-11-32)37-4-7-42(53-26-37)55-45(64)34-14-20-58(21-15-34)36-3-2-35(25-52)39(24-36)48(49,50)51/h2-5,7-8,24,26,31-34,41H,6,9-23,27-30H2,1H3,(H,53,55,64)(H,56,63,65)/t31-,41?/m0/s1. The van der Waals surface area contributed by atoms with Crippen LogP contribution in [0.15, 0.2) is 48.7 Å². The Morgan fingerprint density at radius 2 is 1.52 bits per heavy atom. The van der Waals surface area contributed by atoms with Crippen LogP contribution in [-0.2, 0) is 27.1 Å². The van der Waals surface area contributed by atoms with Crippen LogP contribution in [0.1, 0.15) is 85.5 Å². The number of amides is 4. The number of carbonyl (C=O) groups is 4. The molecule has 2 N–H and O–H groups in total. The number of carbonyl (C=O) groups excluding carboxylic acids is 4. The first-order chi connectivity index (χ1) is 31.8. The SMILES string of the molecule is C[C@H]1CN(CC2CCN(c3ccc(NC(=O)C4CCN(c5ccc(C#N)c(C(F)(F)F)c5)CC4)nc3)CC2)CCN1CC1CCN(c2ccc3c(n2)CN(C2CCC(=O)NC2=O)C3=O)CC1. The number of fused-ring (bicyclic) bond motifs is 1. The molecular weight excluding hydrogens is 852 g/mol. The Morgan fingerprint density at radius 3 is 2.18 bits per heavy atom. The highest BCUT2D eigenvalue weighted by Gasteiger charge is 2.41. The fourth-order valence-electron chi connectivity index (χ4n) is 10.9. The minimum absolute atomic E-state index is 0.141. The van der Waals surface area contributed by atoms with Crippen LogP contribution in [0.3, 0.4) is 0 Å². The van der Waals surface area contributed by atoms with E-state index in [9.17, 15) is 32.3 Å². The number of anilines is 4. The normalized spacial score (nSPS) is 23.2. The van der Waals surface area contributed by atoms with E-state index in [1.54, 1.807) is 11.0 Å². The maximum atomic E-state index is 13.5. The van der Waals surface area contributed by atoms with Gasteiger partial charge in [-0.1, -0.05) is 0 Å². The van der Waals surface area contributed by atoms with Crippen molar-refractivity contribution in [3.8, 4) is 6.07 Å². The van der Waals surface area contributed by atoms with Gasteiger partial charge in [0, 0.05) is 96.1 Å². The Labute approximate surface area is 383 Å². The van der Waals surface area contributed by atoms with Gasteiger partial charge >= 0.3 is 6.18 Å². The molecule has 0 radical (unpaired) electrons. The highest BCUT2D eigenvalue weighted by atomic mass is 19.4. The molecule has 2 atom stereocenters. The molecular formula is C48H58F3N11O4. The predicted octanol–water partition coefficient (Wildman–Crippen LogP) is 5.12. The van der Waals surface area contributed by atoms with Crippen LogP contribution in [0.4, 0.5) is 36.2 Å². The Hall–Kier alpha value is -5.80. The molecule has 5 fully saturated rings. The number of nitriles is 1. The van der Waals surface area contributed by atoms with Gasteiger partial charge < -0.3 is 29.8 Å². The smallest absolute Gasteiger partial charge is 0.371 e. The molecule has 6 aliphatic rings. The molecule has 15 nitrogen and oxygen atoms in total. The molecule has 3 aromatic rings. The van der Waals surface area contributed by atoms with Gasteiger partial charge in [-0.3, -0.25) is 29.4 Å². The Kier molecular flexibility index (Phi) is 13.2. The first-order valence-electron chi connectivity index (χ1n) is 23.5. The highest BCUT2D eigenvalue weighted by molar-refractivity contribution is 6.05. The molecule has 2 aromatic heterocycles. The Morgan fingerprint density at radius 1 is 0.833 bits per heavy atom. The van der Waals surface area contributed by atoms with Crippen molar-refractivity contribution in [2.75, 3.05) is 92.0 Å². The number of alkyl halides is 3. The second-order valence-corrected chi connectivity index (χ2v) is 19.0. The van der Waals surface area contributed by atoms with Crippen LogP contribution in [-0.4, -0.2) is 132 Å². The van der Waals surface area contributed by atoms with E-state index >= 15 is 0 Å². The summed E-state index contributed by atoms with van der Waals surface area (Å²) in [5, 5.41) is 14.4. The largest absolute Gasteiger partial charge is 0.417 e. The van der Waals surface area contributed by atoms with E-state index in [-0.39, 0.29) is 36.6 Å². The lowest BCUT2D eigenvalue weighted by atomic mass is 9.94. The van der Waals surface area contributed by atoms with Crippen molar-refractivity contribution in [2.45, 2.75) is 83.1 Å². The van der Waals surface area contributed by atoms with Crippen LogP contribution in [0.5, 0.6) is 0 Å². The molecule has 1 unspecified atom stereocenters. The number of piperidine rings is 4.